The maximum atomic E-state index is 11.3. The molecule has 0 atom stereocenters. The second-order valence-electron chi connectivity index (χ2n) is 3.77. The molecule has 1 heterocycles. The Morgan fingerprint density at radius 1 is 1.69 bits per heavy atom. The average Bonchev–Trinajstić information content (AvgIpc) is 2.61. The van der Waals surface area contributed by atoms with Crippen LogP contribution in [0.15, 0.2) is 0 Å². The highest BCUT2D eigenvalue weighted by Crippen LogP contribution is 2.48. The third kappa shape index (κ3) is 2.01. The van der Waals surface area contributed by atoms with Gasteiger partial charge in [-0.1, -0.05) is 12.0 Å². The van der Waals surface area contributed by atoms with E-state index in [1.807, 2.05) is 0 Å². The van der Waals surface area contributed by atoms with Crippen molar-refractivity contribution in [3.63, 3.8) is 0 Å². The molecule has 0 bridgehead atoms. The largest absolute Gasteiger partial charge is 0.292 e. The quantitative estimate of drug-likeness (QED) is 0.703. The number of aromatic nitrogens is 4. The SMILES string of the molecule is CC1(CC(=O)Nc2nn[nH]n2)CC1. The summed E-state index contributed by atoms with van der Waals surface area (Å²) in [6, 6.07) is 0. The monoisotopic (exact) mass is 181 g/mol. The summed E-state index contributed by atoms with van der Waals surface area (Å²) in [5.41, 5.74) is 0.216. The van der Waals surface area contributed by atoms with Gasteiger partial charge in [-0.15, -0.1) is 5.10 Å². The highest BCUT2D eigenvalue weighted by Gasteiger charge is 2.39. The molecular formula is C7H11N5O. The summed E-state index contributed by atoms with van der Waals surface area (Å²) in [6.07, 6.45) is 2.81. The van der Waals surface area contributed by atoms with Crippen molar-refractivity contribution < 1.29 is 4.79 Å². The normalized spacial score (nSPS) is 18.2. The highest BCUT2D eigenvalue weighted by molar-refractivity contribution is 5.89. The predicted molar refractivity (Wildman–Crippen MR) is 44.8 cm³/mol. The molecule has 1 aromatic rings. The third-order valence-electron chi connectivity index (χ3n) is 2.29. The number of hydrogen-bond acceptors (Lipinski definition) is 4. The summed E-state index contributed by atoms with van der Waals surface area (Å²) in [5.74, 6) is 0.204. The maximum absolute atomic E-state index is 11.3. The van der Waals surface area contributed by atoms with Gasteiger partial charge >= 0.3 is 0 Å². The molecule has 6 nitrogen and oxygen atoms in total. The van der Waals surface area contributed by atoms with Crippen LogP contribution in [-0.2, 0) is 4.79 Å². The minimum Gasteiger partial charge on any atom is -0.292 e. The first-order valence-corrected chi connectivity index (χ1v) is 4.21. The van der Waals surface area contributed by atoms with Crippen LogP contribution < -0.4 is 5.32 Å². The summed E-state index contributed by atoms with van der Waals surface area (Å²) in [5, 5.41) is 15.4. The second kappa shape index (κ2) is 2.79. The van der Waals surface area contributed by atoms with Crippen molar-refractivity contribution in [1.29, 1.82) is 0 Å². The van der Waals surface area contributed by atoms with E-state index in [9.17, 15) is 4.79 Å². The van der Waals surface area contributed by atoms with Crippen molar-refractivity contribution >= 4 is 11.9 Å². The Bertz CT molecular complexity index is 303. The van der Waals surface area contributed by atoms with Crippen molar-refractivity contribution in [3.8, 4) is 0 Å². The van der Waals surface area contributed by atoms with Gasteiger partial charge in [0, 0.05) is 6.42 Å². The van der Waals surface area contributed by atoms with E-state index in [4.69, 9.17) is 0 Å². The summed E-state index contributed by atoms with van der Waals surface area (Å²) in [4.78, 5) is 11.3. The zero-order valence-corrected chi connectivity index (χ0v) is 7.37. The molecule has 1 saturated carbocycles. The first-order valence-electron chi connectivity index (χ1n) is 4.21. The number of nitrogens with one attached hydrogen (secondary N) is 2. The second-order valence-corrected chi connectivity index (χ2v) is 3.77. The molecule has 70 valence electrons. The minimum absolute atomic E-state index is 0.0404. The molecule has 2 N–H and O–H groups in total. The van der Waals surface area contributed by atoms with Gasteiger partial charge in [0.25, 0.3) is 5.95 Å². The van der Waals surface area contributed by atoms with E-state index < -0.39 is 0 Å². The van der Waals surface area contributed by atoms with Gasteiger partial charge in [-0.2, -0.15) is 5.21 Å². The fourth-order valence-electron chi connectivity index (χ4n) is 1.16. The van der Waals surface area contributed by atoms with Crippen molar-refractivity contribution in [2.45, 2.75) is 26.2 Å². The number of hydrogen-bond donors (Lipinski definition) is 2. The highest BCUT2D eigenvalue weighted by atomic mass is 16.1. The van der Waals surface area contributed by atoms with Gasteiger partial charge in [0.2, 0.25) is 5.91 Å². The molecule has 0 aliphatic heterocycles. The number of carbonyl (C=O) groups is 1. The first-order chi connectivity index (χ1) is 6.18. The number of anilines is 1. The lowest BCUT2D eigenvalue weighted by molar-refractivity contribution is -0.117. The van der Waals surface area contributed by atoms with E-state index in [1.54, 1.807) is 0 Å². The molecule has 2 rings (SSSR count). The van der Waals surface area contributed by atoms with E-state index in [-0.39, 0.29) is 17.3 Å². The van der Waals surface area contributed by atoms with Crippen LogP contribution in [0.4, 0.5) is 5.95 Å². The molecule has 1 aliphatic rings. The molecule has 1 amide bonds. The maximum Gasteiger partial charge on any atom is 0.269 e. The zero-order valence-electron chi connectivity index (χ0n) is 7.37. The number of H-pyrrole nitrogens is 1. The average molecular weight is 181 g/mol. The Hall–Kier alpha value is -1.46. The molecule has 0 spiro atoms. The molecule has 13 heavy (non-hydrogen) atoms. The molecule has 0 aromatic carbocycles. The van der Waals surface area contributed by atoms with E-state index in [0.29, 0.717) is 6.42 Å². The lowest BCUT2D eigenvalue weighted by Crippen LogP contribution is -2.16. The van der Waals surface area contributed by atoms with E-state index in [1.165, 1.54) is 0 Å². The van der Waals surface area contributed by atoms with Gasteiger partial charge in [-0.25, -0.2) is 0 Å². The molecule has 0 radical (unpaired) electrons. The summed E-state index contributed by atoms with van der Waals surface area (Å²) < 4.78 is 0. The number of aromatic amines is 1. The summed E-state index contributed by atoms with van der Waals surface area (Å²) >= 11 is 0. The Labute approximate surface area is 75.1 Å². The predicted octanol–water partition coefficient (Wildman–Crippen LogP) is 0.328. The van der Waals surface area contributed by atoms with Gasteiger partial charge in [-0.05, 0) is 23.5 Å². The van der Waals surface area contributed by atoms with Crippen molar-refractivity contribution in [2.75, 3.05) is 5.32 Å². The Kier molecular flexibility index (Phi) is 1.75. The molecule has 1 aromatic heterocycles. The Morgan fingerprint density at radius 2 is 2.46 bits per heavy atom. The minimum atomic E-state index is -0.0404. The van der Waals surface area contributed by atoms with Crippen LogP contribution in [0, 0.1) is 5.41 Å². The topological polar surface area (TPSA) is 83.6 Å². The van der Waals surface area contributed by atoms with Crippen LogP contribution in [0.3, 0.4) is 0 Å². The first kappa shape index (κ1) is 8.15. The van der Waals surface area contributed by atoms with Crippen LogP contribution in [0.5, 0.6) is 0 Å². The van der Waals surface area contributed by atoms with Crippen LogP contribution in [0.25, 0.3) is 0 Å². The fourth-order valence-corrected chi connectivity index (χ4v) is 1.16. The van der Waals surface area contributed by atoms with Crippen molar-refractivity contribution in [1.82, 2.24) is 20.6 Å². The van der Waals surface area contributed by atoms with E-state index >= 15 is 0 Å². The zero-order chi connectivity index (χ0) is 9.31. The third-order valence-corrected chi connectivity index (χ3v) is 2.29. The summed E-state index contributed by atoms with van der Waals surface area (Å²) in [6.45, 7) is 2.10. The number of tetrazole rings is 1. The summed E-state index contributed by atoms with van der Waals surface area (Å²) in [7, 11) is 0. The van der Waals surface area contributed by atoms with E-state index in [2.05, 4.69) is 32.9 Å². The van der Waals surface area contributed by atoms with Crippen molar-refractivity contribution in [3.05, 3.63) is 0 Å². The lowest BCUT2D eigenvalue weighted by atomic mass is 10.1. The Morgan fingerprint density at radius 3 is 3.00 bits per heavy atom. The number of rotatable bonds is 3. The van der Waals surface area contributed by atoms with E-state index in [0.717, 1.165) is 12.8 Å². The smallest absolute Gasteiger partial charge is 0.269 e. The fraction of sp³-hybridized carbons (Fsp3) is 0.714. The van der Waals surface area contributed by atoms with Crippen LogP contribution in [0.2, 0.25) is 0 Å². The van der Waals surface area contributed by atoms with Gasteiger partial charge in [0.05, 0.1) is 0 Å². The number of carbonyl (C=O) groups excluding carboxylic acids is 1. The molecule has 6 heteroatoms. The van der Waals surface area contributed by atoms with Crippen LogP contribution in [-0.4, -0.2) is 26.5 Å². The Balaban J connectivity index is 1.85. The molecule has 1 fully saturated rings. The lowest BCUT2D eigenvalue weighted by Gasteiger charge is -2.05. The van der Waals surface area contributed by atoms with Gasteiger partial charge in [0.1, 0.15) is 0 Å². The van der Waals surface area contributed by atoms with Crippen LogP contribution in [0.1, 0.15) is 26.2 Å². The standard InChI is InChI=1S/C7H11N5O/c1-7(2-3-7)4-5(13)8-6-9-11-12-10-6/h2-4H2,1H3,(H2,8,9,10,11,12,13). The van der Waals surface area contributed by atoms with Gasteiger partial charge < -0.3 is 0 Å². The molecular weight excluding hydrogens is 170 g/mol. The van der Waals surface area contributed by atoms with Gasteiger partial charge in [0.15, 0.2) is 0 Å². The molecule has 0 saturated heterocycles. The van der Waals surface area contributed by atoms with Crippen molar-refractivity contribution in [2.24, 2.45) is 5.41 Å². The number of nitrogens with zero attached hydrogens (tertiary/aromatic N) is 3. The molecule has 1 aliphatic carbocycles. The van der Waals surface area contributed by atoms with Gasteiger partial charge in [-0.3, -0.25) is 10.1 Å². The molecule has 0 unspecified atom stereocenters. The number of amides is 1. The van der Waals surface area contributed by atoms with Crippen LogP contribution >= 0.6 is 0 Å².